The molecule has 1 saturated carbocycles. The van der Waals surface area contributed by atoms with Crippen LogP contribution in [-0.2, 0) is 4.79 Å². The summed E-state index contributed by atoms with van der Waals surface area (Å²) < 4.78 is 0. The number of rotatable bonds is 4. The molecule has 6 nitrogen and oxygen atoms in total. The second-order valence-electron chi connectivity index (χ2n) is 5.96. The highest BCUT2D eigenvalue weighted by atomic mass is 16.4. The second kappa shape index (κ2) is 6.28. The van der Waals surface area contributed by atoms with E-state index >= 15 is 0 Å². The van der Waals surface area contributed by atoms with Gasteiger partial charge in [0, 0.05) is 25.3 Å². The molecule has 2 heterocycles. The summed E-state index contributed by atoms with van der Waals surface area (Å²) in [7, 11) is 0. The molecule has 2 fully saturated rings. The van der Waals surface area contributed by atoms with Crippen LogP contribution in [0.3, 0.4) is 0 Å². The van der Waals surface area contributed by atoms with E-state index in [4.69, 9.17) is 5.11 Å². The lowest BCUT2D eigenvalue weighted by Gasteiger charge is -2.31. The molecule has 0 amide bonds. The topological polar surface area (TPSA) is 78.3 Å². The van der Waals surface area contributed by atoms with Gasteiger partial charge in [-0.05, 0) is 31.7 Å². The third kappa shape index (κ3) is 3.43. The average molecular weight is 290 g/mol. The van der Waals surface area contributed by atoms with E-state index in [-0.39, 0.29) is 5.92 Å². The van der Waals surface area contributed by atoms with Gasteiger partial charge in [0.15, 0.2) is 0 Å². The number of aliphatic carboxylic acids is 1. The lowest BCUT2D eigenvalue weighted by atomic mass is 9.97. The zero-order valence-electron chi connectivity index (χ0n) is 12.2. The van der Waals surface area contributed by atoms with Gasteiger partial charge in [0.05, 0.1) is 5.92 Å². The number of carboxylic acid groups (broad SMARTS) is 1. The number of hydrogen-bond donors (Lipinski definition) is 2. The van der Waals surface area contributed by atoms with Crippen molar-refractivity contribution in [2.75, 3.05) is 23.3 Å². The third-order valence-electron chi connectivity index (χ3n) is 4.50. The maximum Gasteiger partial charge on any atom is 0.306 e. The molecule has 114 valence electrons. The molecule has 0 radical (unpaired) electrons. The number of piperidine rings is 1. The molecule has 1 saturated heterocycles. The third-order valence-corrected chi connectivity index (χ3v) is 4.50. The molecule has 3 rings (SSSR count). The van der Waals surface area contributed by atoms with Gasteiger partial charge in [0.1, 0.15) is 5.82 Å². The lowest BCUT2D eigenvalue weighted by molar-refractivity contribution is -0.142. The molecular formula is C15H22N4O2. The van der Waals surface area contributed by atoms with Crippen molar-refractivity contribution in [1.82, 2.24) is 9.97 Å². The van der Waals surface area contributed by atoms with Crippen LogP contribution in [0.2, 0.25) is 0 Å². The van der Waals surface area contributed by atoms with Crippen LogP contribution in [0.5, 0.6) is 0 Å². The van der Waals surface area contributed by atoms with Crippen molar-refractivity contribution in [2.24, 2.45) is 5.92 Å². The van der Waals surface area contributed by atoms with Crippen molar-refractivity contribution >= 4 is 17.7 Å². The van der Waals surface area contributed by atoms with Crippen LogP contribution < -0.4 is 10.2 Å². The number of aromatic nitrogens is 2. The monoisotopic (exact) mass is 290 g/mol. The summed E-state index contributed by atoms with van der Waals surface area (Å²) in [5.74, 6) is 0.703. The normalized spacial score (nSPS) is 20.7. The quantitative estimate of drug-likeness (QED) is 0.884. The Bertz CT molecular complexity index is 494. The molecule has 0 atom stereocenters. The lowest BCUT2D eigenvalue weighted by Crippen LogP contribution is -2.36. The summed E-state index contributed by atoms with van der Waals surface area (Å²) in [6, 6.07) is 2.40. The molecule has 0 unspecified atom stereocenters. The summed E-state index contributed by atoms with van der Waals surface area (Å²) >= 11 is 0. The van der Waals surface area contributed by atoms with Gasteiger partial charge in [0.25, 0.3) is 0 Å². The van der Waals surface area contributed by atoms with E-state index in [1.165, 1.54) is 25.7 Å². The Balaban J connectivity index is 1.62. The smallest absolute Gasteiger partial charge is 0.306 e. The first-order chi connectivity index (χ1) is 10.2. The second-order valence-corrected chi connectivity index (χ2v) is 5.96. The van der Waals surface area contributed by atoms with Crippen molar-refractivity contribution in [3.8, 4) is 0 Å². The molecule has 21 heavy (non-hydrogen) atoms. The molecule has 1 aromatic heterocycles. The predicted molar refractivity (Wildman–Crippen MR) is 80.5 cm³/mol. The van der Waals surface area contributed by atoms with Gasteiger partial charge in [-0.3, -0.25) is 4.79 Å². The van der Waals surface area contributed by atoms with E-state index in [0.717, 1.165) is 18.9 Å². The Labute approximate surface area is 124 Å². The highest BCUT2D eigenvalue weighted by molar-refractivity contribution is 5.70. The fourth-order valence-electron chi connectivity index (χ4n) is 3.20. The maximum absolute atomic E-state index is 11.0. The van der Waals surface area contributed by atoms with E-state index < -0.39 is 5.97 Å². The Morgan fingerprint density at radius 3 is 2.62 bits per heavy atom. The van der Waals surface area contributed by atoms with Gasteiger partial charge in [-0.15, -0.1) is 0 Å². The van der Waals surface area contributed by atoms with Crippen LogP contribution in [0.1, 0.15) is 38.5 Å². The number of hydrogen-bond acceptors (Lipinski definition) is 5. The van der Waals surface area contributed by atoms with Crippen molar-refractivity contribution in [2.45, 2.75) is 44.6 Å². The zero-order valence-corrected chi connectivity index (χ0v) is 12.2. The molecule has 0 aromatic carbocycles. The molecule has 2 N–H and O–H groups in total. The number of anilines is 2. The SMILES string of the molecule is O=C(O)C1CCN(c2ccnc(NC3CCCC3)n2)CC1. The predicted octanol–water partition coefficient (Wildman–Crippen LogP) is 2.13. The average Bonchev–Trinajstić information content (AvgIpc) is 3.00. The number of carboxylic acids is 1. The highest BCUT2D eigenvalue weighted by Gasteiger charge is 2.25. The fraction of sp³-hybridized carbons (Fsp3) is 0.667. The maximum atomic E-state index is 11.0. The van der Waals surface area contributed by atoms with Gasteiger partial charge in [-0.25, -0.2) is 4.98 Å². The Kier molecular flexibility index (Phi) is 4.22. The van der Waals surface area contributed by atoms with Gasteiger partial charge >= 0.3 is 5.97 Å². The minimum atomic E-state index is -0.680. The molecule has 6 heteroatoms. The van der Waals surface area contributed by atoms with Crippen LogP contribution in [0, 0.1) is 5.92 Å². The summed E-state index contributed by atoms with van der Waals surface area (Å²) in [4.78, 5) is 22.0. The Morgan fingerprint density at radius 2 is 1.95 bits per heavy atom. The van der Waals surface area contributed by atoms with Crippen molar-refractivity contribution < 1.29 is 9.90 Å². The van der Waals surface area contributed by atoms with Crippen LogP contribution in [0.15, 0.2) is 12.3 Å². The molecule has 1 aliphatic carbocycles. The van der Waals surface area contributed by atoms with Crippen molar-refractivity contribution in [3.63, 3.8) is 0 Å². The molecule has 1 aromatic rings. The van der Waals surface area contributed by atoms with E-state index in [1.54, 1.807) is 6.20 Å². The fourth-order valence-corrected chi connectivity index (χ4v) is 3.20. The van der Waals surface area contributed by atoms with E-state index in [1.807, 2.05) is 6.07 Å². The van der Waals surface area contributed by atoms with E-state index in [0.29, 0.717) is 24.8 Å². The summed E-state index contributed by atoms with van der Waals surface area (Å²) in [5, 5.41) is 12.4. The van der Waals surface area contributed by atoms with Crippen LogP contribution >= 0.6 is 0 Å². The van der Waals surface area contributed by atoms with Crippen LogP contribution in [0.25, 0.3) is 0 Å². The van der Waals surface area contributed by atoms with Gasteiger partial charge < -0.3 is 15.3 Å². The Hall–Kier alpha value is -1.85. The van der Waals surface area contributed by atoms with Gasteiger partial charge in [0.2, 0.25) is 5.95 Å². The van der Waals surface area contributed by atoms with Crippen LogP contribution in [-0.4, -0.2) is 40.2 Å². The minimum Gasteiger partial charge on any atom is -0.481 e. The summed E-state index contributed by atoms with van der Waals surface area (Å²) in [5.41, 5.74) is 0. The molecule has 0 spiro atoms. The standard InChI is InChI=1S/C15H22N4O2/c20-14(21)11-6-9-19(10-7-11)13-5-8-16-15(18-13)17-12-3-1-2-4-12/h5,8,11-12H,1-4,6-7,9-10H2,(H,20,21)(H,16,17,18). The summed E-state index contributed by atoms with van der Waals surface area (Å²) in [6.07, 6.45) is 8.09. The van der Waals surface area contributed by atoms with Crippen LogP contribution in [0.4, 0.5) is 11.8 Å². The molecular weight excluding hydrogens is 268 g/mol. The highest BCUT2D eigenvalue weighted by Crippen LogP contribution is 2.24. The number of nitrogens with one attached hydrogen (secondary N) is 1. The van der Waals surface area contributed by atoms with Crippen molar-refractivity contribution in [3.05, 3.63) is 12.3 Å². The first-order valence-corrected chi connectivity index (χ1v) is 7.80. The Morgan fingerprint density at radius 1 is 1.24 bits per heavy atom. The van der Waals surface area contributed by atoms with Crippen molar-refractivity contribution in [1.29, 1.82) is 0 Å². The zero-order chi connectivity index (χ0) is 14.7. The molecule has 2 aliphatic rings. The first-order valence-electron chi connectivity index (χ1n) is 7.80. The minimum absolute atomic E-state index is 0.209. The number of nitrogens with zero attached hydrogens (tertiary/aromatic N) is 3. The largest absolute Gasteiger partial charge is 0.481 e. The van der Waals surface area contributed by atoms with E-state index in [9.17, 15) is 4.79 Å². The van der Waals surface area contributed by atoms with E-state index in [2.05, 4.69) is 20.2 Å². The van der Waals surface area contributed by atoms with Gasteiger partial charge in [-0.2, -0.15) is 4.98 Å². The first kappa shape index (κ1) is 14.1. The molecule has 0 bridgehead atoms. The van der Waals surface area contributed by atoms with Gasteiger partial charge in [-0.1, -0.05) is 12.8 Å². The number of carbonyl (C=O) groups is 1. The summed E-state index contributed by atoms with van der Waals surface area (Å²) in [6.45, 7) is 1.49. The molecule has 1 aliphatic heterocycles.